The zero-order valence-electron chi connectivity index (χ0n) is 6.35. The van der Waals surface area contributed by atoms with Crippen molar-refractivity contribution < 1.29 is 0 Å². The van der Waals surface area contributed by atoms with Gasteiger partial charge < -0.3 is 7.74 Å². The molecule has 0 bridgehead atoms. The summed E-state index contributed by atoms with van der Waals surface area (Å²) in [6.45, 7) is 0. The van der Waals surface area contributed by atoms with Crippen LogP contribution >= 0.6 is 0 Å². The lowest BCUT2D eigenvalue weighted by Crippen LogP contribution is -2.59. The molecular weight excluding hydrogens is 119 g/mol. The van der Waals surface area contributed by atoms with Gasteiger partial charge >= 0.3 is 0 Å². The van der Waals surface area contributed by atoms with Gasteiger partial charge in [-0.1, -0.05) is 0 Å². The summed E-state index contributed by atoms with van der Waals surface area (Å²) in [6, 6.07) is 0. The lowest BCUT2D eigenvalue weighted by Gasteiger charge is -2.31. The van der Waals surface area contributed by atoms with Crippen LogP contribution in [-0.2, 0) is 0 Å². The maximum atomic E-state index is 5.36. The van der Waals surface area contributed by atoms with Crippen molar-refractivity contribution in [3.8, 4) is 0 Å². The van der Waals surface area contributed by atoms with Crippen LogP contribution in [0.3, 0.4) is 0 Å². The molecule has 0 nitrogen and oxygen atoms in total. The molecule has 0 aromatic heterocycles. The van der Waals surface area contributed by atoms with Crippen LogP contribution < -0.4 is 0 Å². The lowest BCUT2D eigenvalue weighted by atomic mass is 8.60. The second kappa shape index (κ2) is 5.38. The Labute approximate surface area is 79.4 Å². The highest BCUT2D eigenvalue weighted by Crippen LogP contribution is 1.84. The summed E-state index contributed by atoms with van der Waals surface area (Å²) >= 11 is 0. The van der Waals surface area contributed by atoms with E-state index in [1.165, 1.54) is 7.06 Å². The quantitative estimate of drug-likeness (QED) is 0.329. The minimum absolute atomic E-state index is 0.352. The summed E-state index contributed by atoms with van der Waals surface area (Å²) in [7, 11) is 33.5. The van der Waals surface area contributed by atoms with Crippen molar-refractivity contribution in [1.29, 1.82) is 0 Å². The van der Waals surface area contributed by atoms with Crippen molar-refractivity contribution >= 4 is 79.0 Å². The minimum atomic E-state index is -0.621. The van der Waals surface area contributed by atoms with Crippen molar-refractivity contribution in [3.63, 3.8) is 0 Å². The van der Waals surface area contributed by atoms with Crippen LogP contribution in [0.15, 0.2) is 0 Å². The molecule has 0 aromatic rings. The van der Waals surface area contributed by atoms with Crippen LogP contribution in [0.2, 0.25) is 0 Å². The molecule has 0 N–H and O–H groups in total. The maximum absolute atomic E-state index is 5.36. The fourth-order valence-electron chi connectivity index (χ4n) is 0.770. The average molecular weight is 119 g/mol. The largest absolute Gasteiger partial charge is 0.687 e. The summed E-state index contributed by atoms with van der Waals surface area (Å²) in [4.78, 5) is 0. The minimum Gasteiger partial charge on any atom is -0.687 e. The molecule has 14 radical (unpaired) electrons. The molecule has 0 saturated carbocycles. The fraction of sp³-hybridized carbons (Fsp3) is 0. The van der Waals surface area contributed by atoms with E-state index in [-0.39, 0.29) is 6.39 Å². The third-order valence-electron chi connectivity index (χ3n) is 1.33. The normalized spacial score (nSPS) is 8.45. The molecule has 11 heteroatoms. The molecule has 0 atom stereocenters. The van der Waals surface area contributed by atoms with Crippen molar-refractivity contribution in [3.05, 3.63) is 0 Å². The van der Waals surface area contributed by atoms with E-state index in [9.17, 15) is 0 Å². The molecule has 0 aliphatic rings. The van der Waals surface area contributed by atoms with Gasteiger partial charge in [0.05, 0.1) is 0 Å². The Morgan fingerprint density at radius 3 is 1.55 bits per heavy atom. The zero-order valence-corrected chi connectivity index (χ0v) is 6.35. The van der Waals surface area contributed by atoms with Crippen LogP contribution in [0.1, 0.15) is 0 Å². The first kappa shape index (κ1) is 11.7. The summed E-state index contributed by atoms with van der Waals surface area (Å²) in [5.41, 5.74) is 0. The Bertz CT molecular complexity index is 82.2. The van der Waals surface area contributed by atoms with Crippen LogP contribution in [0.4, 0.5) is 0 Å². The zero-order chi connectivity index (χ0) is 9.02. The third kappa shape index (κ3) is 5.03. The standard InChI is InChI=1S/B11/c1-8(2)7-11(9(3)4)10(5)6/q-1. The first-order valence-corrected chi connectivity index (χ1v) is 3.33. The van der Waals surface area contributed by atoms with E-state index in [4.69, 9.17) is 46.4 Å². The average Bonchev–Trinajstić information content (AvgIpc) is 1.81. The van der Waals surface area contributed by atoms with Crippen LogP contribution in [0, 0.1) is 0 Å². The maximum Gasteiger partial charge on any atom is -0.00000167 e. The SMILES string of the molecule is [B]B([B])[B]B(B([B])[B])B([B])[B-]. The summed E-state index contributed by atoms with van der Waals surface area (Å²) in [5.74, 6) is 0. The van der Waals surface area contributed by atoms with Crippen molar-refractivity contribution in [2.75, 3.05) is 0 Å². The molecule has 0 fully saturated rings. The Morgan fingerprint density at radius 2 is 1.45 bits per heavy atom. The second-order valence-electron chi connectivity index (χ2n) is 2.50. The van der Waals surface area contributed by atoms with Gasteiger partial charge in [-0.3, -0.25) is 0 Å². The molecule has 11 heavy (non-hydrogen) atoms. The Morgan fingerprint density at radius 1 is 1.00 bits per heavy atom. The third-order valence-corrected chi connectivity index (χ3v) is 1.33. The number of hydrogen-bond donors (Lipinski definition) is 0. The van der Waals surface area contributed by atoms with Crippen LogP contribution in [0.25, 0.3) is 0 Å². The second-order valence-corrected chi connectivity index (χ2v) is 2.50. The molecule has 0 amide bonds. The van der Waals surface area contributed by atoms with Crippen molar-refractivity contribution in [2.45, 2.75) is 0 Å². The first-order chi connectivity index (χ1) is 4.95. The molecule has 0 aliphatic carbocycles. The summed E-state index contributed by atoms with van der Waals surface area (Å²) in [6.07, 6.45) is -2.19. The van der Waals surface area contributed by atoms with Crippen molar-refractivity contribution in [1.82, 2.24) is 0 Å². The van der Waals surface area contributed by atoms with Gasteiger partial charge in [0.2, 0.25) is 0 Å². The molecule has 0 rings (SSSR count). The van der Waals surface area contributed by atoms with Crippen molar-refractivity contribution in [2.24, 2.45) is 0 Å². The molecule has 0 saturated heterocycles. The first-order valence-electron chi connectivity index (χ1n) is 3.33. The van der Waals surface area contributed by atoms with Gasteiger partial charge in [0.15, 0.2) is 0 Å². The molecule has 0 aliphatic heterocycles. The predicted octanol–water partition coefficient (Wildman–Crippen LogP) is -4.19. The van der Waals surface area contributed by atoms with E-state index < -0.39 is 19.2 Å². The highest BCUT2D eigenvalue weighted by molar-refractivity contribution is 7.97. The molecule has 34 valence electrons. The summed E-state index contributed by atoms with van der Waals surface area (Å²) in [5, 5.41) is 0. The van der Waals surface area contributed by atoms with Gasteiger partial charge in [0, 0.05) is 0 Å². The monoisotopic (exact) mass is 121 g/mol. The van der Waals surface area contributed by atoms with E-state index in [1.807, 2.05) is 0 Å². The topological polar surface area (TPSA) is 0 Å². The van der Waals surface area contributed by atoms with Gasteiger partial charge in [-0.05, 0) is 64.9 Å². The van der Waals surface area contributed by atoms with Gasteiger partial charge in [-0.25, -0.2) is 6.39 Å². The predicted molar refractivity (Wildman–Crippen MR) is 63.3 cm³/mol. The van der Waals surface area contributed by atoms with Gasteiger partial charge in [0.25, 0.3) is 0 Å². The highest BCUT2D eigenvalue weighted by Gasteiger charge is 2.16. The Balaban J connectivity index is 3.90. The number of rotatable bonds is 4. The van der Waals surface area contributed by atoms with Gasteiger partial charge in [0.1, 0.15) is 0 Å². The highest BCUT2D eigenvalue weighted by atomic mass is 13.0. The molecule has 0 unspecified atom stereocenters. The number of hydrogen-bond acceptors (Lipinski definition) is 0. The summed E-state index contributed by atoms with van der Waals surface area (Å²) < 4.78 is 0. The molecular formula is B11-. The van der Waals surface area contributed by atoms with E-state index in [0.717, 1.165) is 0 Å². The lowest BCUT2D eigenvalue weighted by molar-refractivity contribution is 3.54. The molecule has 0 aromatic carbocycles. The fourth-order valence-corrected chi connectivity index (χ4v) is 0.770. The molecule has 0 heterocycles. The van der Waals surface area contributed by atoms with Gasteiger partial charge in [-0.2, -0.15) is 0 Å². The van der Waals surface area contributed by atoms with Crippen LogP contribution in [0.5, 0.6) is 0 Å². The van der Waals surface area contributed by atoms with E-state index >= 15 is 0 Å². The Hall–Kier alpha value is 0.714. The van der Waals surface area contributed by atoms with Crippen LogP contribution in [-0.4, -0.2) is 79.0 Å². The van der Waals surface area contributed by atoms with E-state index in [1.54, 1.807) is 0 Å². The van der Waals surface area contributed by atoms with Gasteiger partial charge in [-0.15, -0.1) is 0 Å². The molecule has 0 spiro atoms. The van der Waals surface area contributed by atoms with E-state index in [2.05, 4.69) is 0 Å². The smallest absolute Gasteiger partial charge is 0.00000167 e. The Kier molecular flexibility index (Phi) is 5.72. The van der Waals surface area contributed by atoms with E-state index in [0.29, 0.717) is 0 Å².